The smallest absolute Gasteiger partial charge is 0.338 e. The summed E-state index contributed by atoms with van der Waals surface area (Å²) < 4.78 is 32.5. The molecule has 0 aromatic heterocycles. The third-order valence-electron chi connectivity index (χ3n) is 3.83. The third kappa shape index (κ3) is 5.29. The molecule has 10 heteroatoms. The number of anilines is 1. The van der Waals surface area contributed by atoms with Gasteiger partial charge in [0.2, 0.25) is 0 Å². The number of ether oxygens (including phenoxy) is 1. The van der Waals surface area contributed by atoms with Crippen molar-refractivity contribution in [3.05, 3.63) is 70.7 Å². The van der Waals surface area contributed by atoms with Gasteiger partial charge in [0.25, 0.3) is 15.9 Å². The molecule has 2 aromatic rings. The number of carbonyl (C=O) groups excluding carboxylic acids is 2. The Balaban J connectivity index is 2.49. The van der Waals surface area contributed by atoms with Gasteiger partial charge in [-0.3, -0.25) is 9.10 Å². The summed E-state index contributed by atoms with van der Waals surface area (Å²) in [5.74, 6) is -1.74. The molecule has 2 N–H and O–H groups in total. The van der Waals surface area contributed by atoms with Gasteiger partial charge in [0.15, 0.2) is 6.10 Å². The minimum atomic E-state index is -4.17. The Labute approximate surface area is 178 Å². The maximum Gasteiger partial charge on any atom is 0.338 e. The zero-order valence-electron chi connectivity index (χ0n) is 15.3. The predicted octanol–water partition coefficient (Wildman–Crippen LogP) is 3.41. The Morgan fingerprint density at radius 1 is 1.21 bits per heavy atom. The van der Waals surface area contributed by atoms with E-state index in [9.17, 15) is 18.0 Å². The summed E-state index contributed by atoms with van der Waals surface area (Å²) in [5, 5.41) is 0.351. The fourth-order valence-corrected chi connectivity index (χ4v) is 4.37. The van der Waals surface area contributed by atoms with Crippen molar-refractivity contribution in [2.45, 2.75) is 17.9 Å². The Hall–Kier alpha value is -2.55. The number of hydrogen-bond acceptors (Lipinski definition) is 5. The molecule has 0 radical (unpaired) electrons. The molecule has 2 aromatic carbocycles. The highest BCUT2D eigenvalue weighted by Crippen LogP contribution is 2.30. The monoisotopic (exact) mass is 456 g/mol. The van der Waals surface area contributed by atoms with Gasteiger partial charge in [0, 0.05) is 5.02 Å². The van der Waals surface area contributed by atoms with Crippen LogP contribution in [0.3, 0.4) is 0 Å². The Morgan fingerprint density at radius 3 is 2.38 bits per heavy atom. The molecule has 0 unspecified atom stereocenters. The molecule has 1 atom stereocenters. The predicted molar refractivity (Wildman–Crippen MR) is 112 cm³/mol. The average Bonchev–Trinajstić information content (AvgIpc) is 2.66. The number of benzene rings is 2. The first kappa shape index (κ1) is 22.7. The summed E-state index contributed by atoms with van der Waals surface area (Å²) in [6, 6.07) is 9.78. The highest BCUT2D eigenvalue weighted by molar-refractivity contribution is 7.93. The maximum atomic E-state index is 13.3. The number of esters is 1. The van der Waals surface area contributed by atoms with Crippen LogP contribution in [0, 0.1) is 0 Å². The van der Waals surface area contributed by atoms with Crippen LogP contribution in [0.15, 0.2) is 60.0 Å². The lowest BCUT2D eigenvalue weighted by atomic mass is 10.2. The third-order valence-corrected chi connectivity index (χ3v) is 6.36. The zero-order chi connectivity index (χ0) is 21.8. The van der Waals surface area contributed by atoms with E-state index >= 15 is 0 Å². The Morgan fingerprint density at radius 2 is 1.83 bits per heavy atom. The lowest BCUT2D eigenvalue weighted by molar-refractivity contribution is -0.125. The van der Waals surface area contributed by atoms with Gasteiger partial charge in [0.1, 0.15) is 4.90 Å². The fraction of sp³-hybridized carbons (Fsp3) is 0.158. The van der Waals surface area contributed by atoms with Crippen molar-refractivity contribution in [2.75, 3.05) is 10.8 Å². The van der Waals surface area contributed by atoms with Gasteiger partial charge < -0.3 is 10.5 Å². The standard InChI is InChI=1S/C19H18Cl2N2O5S/c1-3-10-23(15-7-5-14(20)6-8-15)29(26,27)17-11-13(4-9-16(17)21)19(25)28-12(2)18(22)24/h3-9,11-12H,1,10H2,2H3,(H2,22,24)/t12-/m0/s1. The molecule has 7 nitrogen and oxygen atoms in total. The lowest BCUT2D eigenvalue weighted by Crippen LogP contribution is -2.32. The molecule has 29 heavy (non-hydrogen) atoms. The van der Waals surface area contributed by atoms with E-state index in [2.05, 4.69) is 6.58 Å². The first-order valence-corrected chi connectivity index (χ1v) is 10.5. The van der Waals surface area contributed by atoms with Crippen molar-refractivity contribution in [1.29, 1.82) is 0 Å². The molecule has 0 aliphatic heterocycles. The van der Waals surface area contributed by atoms with E-state index in [1.165, 1.54) is 37.3 Å². The largest absolute Gasteiger partial charge is 0.449 e. The van der Waals surface area contributed by atoms with Crippen molar-refractivity contribution < 1.29 is 22.7 Å². The quantitative estimate of drug-likeness (QED) is 0.483. The summed E-state index contributed by atoms with van der Waals surface area (Å²) in [5.41, 5.74) is 5.31. The Bertz CT molecular complexity index is 1040. The molecule has 0 heterocycles. The maximum absolute atomic E-state index is 13.3. The zero-order valence-corrected chi connectivity index (χ0v) is 17.7. The van der Waals surface area contributed by atoms with Gasteiger partial charge in [-0.05, 0) is 49.4 Å². The van der Waals surface area contributed by atoms with Crippen LogP contribution in [-0.4, -0.2) is 32.9 Å². The number of hydrogen-bond donors (Lipinski definition) is 1. The number of carbonyl (C=O) groups is 2. The number of nitrogens with zero attached hydrogens (tertiary/aromatic N) is 1. The van der Waals surface area contributed by atoms with E-state index in [1.807, 2.05) is 0 Å². The van der Waals surface area contributed by atoms with Crippen LogP contribution >= 0.6 is 23.2 Å². The van der Waals surface area contributed by atoms with Crippen LogP contribution in [0.2, 0.25) is 10.0 Å². The van der Waals surface area contributed by atoms with E-state index < -0.39 is 28.0 Å². The molecule has 0 saturated carbocycles. The van der Waals surface area contributed by atoms with E-state index in [-0.39, 0.29) is 22.0 Å². The second-order valence-electron chi connectivity index (χ2n) is 5.90. The lowest BCUT2D eigenvalue weighted by Gasteiger charge is -2.24. The fourth-order valence-electron chi connectivity index (χ4n) is 2.30. The van der Waals surface area contributed by atoms with Crippen LogP contribution < -0.4 is 10.0 Å². The van der Waals surface area contributed by atoms with Gasteiger partial charge in [0.05, 0.1) is 22.8 Å². The summed E-state index contributed by atoms with van der Waals surface area (Å²) in [4.78, 5) is 23.0. The number of sulfonamides is 1. The van der Waals surface area contributed by atoms with Crippen molar-refractivity contribution >= 4 is 50.8 Å². The topological polar surface area (TPSA) is 107 Å². The molecular weight excluding hydrogens is 439 g/mol. The molecule has 0 aliphatic rings. The van der Waals surface area contributed by atoms with Crippen LogP contribution in [-0.2, 0) is 19.6 Å². The number of rotatable bonds is 8. The SMILES string of the molecule is C=CCN(c1ccc(Cl)cc1)S(=O)(=O)c1cc(C(=O)O[C@@H](C)C(N)=O)ccc1Cl. The van der Waals surface area contributed by atoms with Crippen LogP contribution in [0.5, 0.6) is 0 Å². The molecule has 0 bridgehead atoms. The number of primary amides is 1. The van der Waals surface area contributed by atoms with Crippen molar-refractivity contribution in [1.82, 2.24) is 0 Å². The first-order chi connectivity index (χ1) is 13.6. The van der Waals surface area contributed by atoms with E-state index in [0.717, 1.165) is 10.4 Å². The molecule has 2 rings (SSSR count). The first-order valence-electron chi connectivity index (χ1n) is 8.27. The molecular formula is C19H18Cl2N2O5S. The van der Waals surface area contributed by atoms with Gasteiger partial charge in [-0.1, -0.05) is 29.3 Å². The summed E-state index contributed by atoms with van der Waals surface area (Å²) in [7, 11) is -4.17. The summed E-state index contributed by atoms with van der Waals surface area (Å²) in [6.07, 6.45) is 0.233. The normalized spacial score (nSPS) is 12.1. The van der Waals surface area contributed by atoms with Crippen molar-refractivity contribution in [3.63, 3.8) is 0 Å². The molecule has 0 spiro atoms. The molecule has 0 aliphatic carbocycles. The summed E-state index contributed by atoms with van der Waals surface area (Å²) in [6.45, 7) is 4.84. The second kappa shape index (κ2) is 9.30. The second-order valence-corrected chi connectivity index (χ2v) is 8.57. The molecule has 0 saturated heterocycles. The number of nitrogens with two attached hydrogens (primary N) is 1. The van der Waals surface area contributed by atoms with E-state index in [4.69, 9.17) is 33.7 Å². The molecule has 1 amide bonds. The highest BCUT2D eigenvalue weighted by Gasteiger charge is 2.28. The molecule has 0 fully saturated rings. The van der Waals surface area contributed by atoms with Gasteiger partial charge >= 0.3 is 5.97 Å². The van der Waals surface area contributed by atoms with Crippen molar-refractivity contribution in [2.24, 2.45) is 5.73 Å². The average molecular weight is 457 g/mol. The van der Waals surface area contributed by atoms with Crippen LogP contribution in [0.4, 0.5) is 5.69 Å². The number of halogens is 2. The van der Waals surface area contributed by atoms with Gasteiger partial charge in [-0.15, -0.1) is 6.58 Å². The van der Waals surface area contributed by atoms with Gasteiger partial charge in [-0.25, -0.2) is 13.2 Å². The van der Waals surface area contributed by atoms with Gasteiger partial charge in [-0.2, -0.15) is 0 Å². The van der Waals surface area contributed by atoms with E-state index in [0.29, 0.717) is 10.7 Å². The number of amides is 1. The Kier molecular flexibility index (Phi) is 7.29. The van der Waals surface area contributed by atoms with Crippen LogP contribution in [0.25, 0.3) is 0 Å². The van der Waals surface area contributed by atoms with Crippen molar-refractivity contribution in [3.8, 4) is 0 Å². The van der Waals surface area contributed by atoms with E-state index in [1.54, 1.807) is 12.1 Å². The summed E-state index contributed by atoms with van der Waals surface area (Å²) >= 11 is 12.0. The highest BCUT2D eigenvalue weighted by atomic mass is 35.5. The minimum Gasteiger partial charge on any atom is -0.449 e. The minimum absolute atomic E-state index is 0.0479. The molecule has 154 valence electrons. The van der Waals surface area contributed by atoms with Crippen LogP contribution in [0.1, 0.15) is 17.3 Å².